The number of amides is 1. The van der Waals surface area contributed by atoms with Crippen LogP contribution in [0.2, 0.25) is 0 Å². The number of anilines is 1. The molecule has 3 aromatic carbocycles. The molecule has 1 amide bonds. The number of hydrogen-bond donors (Lipinski definition) is 0. The summed E-state index contributed by atoms with van der Waals surface area (Å²) in [5.74, 6) is 2.82. The summed E-state index contributed by atoms with van der Waals surface area (Å²) >= 11 is 0. The van der Waals surface area contributed by atoms with E-state index in [9.17, 15) is 4.79 Å². The van der Waals surface area contributed by atoms with Gasteiger partial charge in [0.1, 0.15) is 24.7 Å². The molecule has 7 nitrogen and oxygen atoms in total. The number of carbonyl (C=O) groups is 1. The van der Waals surface area contributed by atoms with Crippen molar-refractivity contribution < 1.29 is 23.7 Å². The van der Waals surface area contributed by atoms with Gasteiger partial charge in [-0.05, 0) is 67.9 Å². The molecule has 0 N–H and O–H groups in total. The fourth-order valence-corrected chi connectivity index (χ4v) is 4.21. The Hall–Kier alpha value is -3.87. The second-order valence-corrected chi connectivity index (χ2v) is 8.44. The average Bonchev–Trinajstić information content (AvgIpc) is 3.18. The van der Waals surface area contributed by atoms with Crippen LogP contribution in [0.3, 0.4) is 0 Å². The van der Waals surface area contributed by atoms with Crippen LogP contribution in [-0.2, 0) is 0 Å². The number of methoxy groups -OCH3 is 1. The average molecular weight is 491 g/mol. The molecule has 0 spiro atoms. The third kappa shape index (κ3) is 6.62. The van der Waals surface area contributed by atoms with Crippen LogP contribution < -0.4 is 23.8 Å². The number of hydrogen-bond acceptors (Lipinski definition) is 6. The minimum Gasteiger partial charge on any atom is -0.497 e. The van der Waals surface area contributed by atoms with E-state index in [-0.39, 0.29) is 5.91 Å². The van der Waals surface area contributed by atoms with Crippen molar-refractivity contribution in [2.24, 2.45) is 0 Å². The molecule has 0 unspecified atom stereocenters. The molecule has 3 aromatic rings. The maximum Gasteiger partial charge on any atom is 0.254 e. The number of carbonyl (C=O) groups excluding carboxylic acids is 1. The normalized spacial score (nSPS) is 13.6. The van der Waals surface area contributed by atoms with Crippen molar-refractivity contribution in [1.82, 2.24) is 4.90 Å². The highest BCUT2D eigenvalue weighted by Gasteiger charge is 2.22. The lowest BCUT2D eigenvalue weighted by molar-refractivity contribution is 0.0766. The molecule has 1 aliphatic rings. The predicted molar refractivity (Wildman–Crippen MR) is 141 cm³/mol. The Bertz CT molecular complexity index is 1100. The Morgan fingerprint density at radius 1 is 0.778 bits per heavy atom. The van der Waals surface area contributed by atoms with Gasteiger partial charge in [-0.1, -0.05) is 18.2 Å². The monoisotopic (exact) mass is 490 g/mol. The first kappa shape index (κ1) is 25.2. The Balaban J connectivity index is 1.35. The zero-order valence-electron chi connectivity index (χ0n) is 21.0. The Morgan fingerprint density at radius 3 is 2.31 bits per heavy atom. The van der Waals surface area contributed by atoms with Gasteiger partial charge >= 0.3 is 0 Å². The molecule has 36 heavy (non-hydrogen) atoms. The van der Waals surface area contributed by atoms with E-state index in [1.165, 1.54) is 0 Å². The molecule has 1 aliphatic heterocycles. The number of rotatable bonds is 10. The SMILES string of the molecule is CCOc1cc(C(=O)N2CCCN(c3ccc(OC)cc3)CC2)ccc1OCCOc1ccccc1. The molecular formula is C29H34N2O5. The van der Waals surface area contributed by atoms with Gasteiger partial charge in [0.15, 0.2) is 11.5 Å². The highest BCUT2D eigenvalue weighted by molar-refractivity contribution is 5.95. The first-order chi connectivity index (χ1) is 17.7. The summed E-state index contributed by atoms with van der Waals surface area (Å²) in [4.78, 5) is 17.6. The van der Waals surface area contributed by atoms with E-state index in [0.29, 0.717) is 50.0 Å². The summed E-state index contributed by atoms with van der Waals surface area (Å²) in [5.41, 5.74) is 1.74. The summed E-state index contributed by atoms with van der Waals surface area (Å²) in [7, 11) is 1.67. The molecule has 0 aliphatic carbocycles. The Labute approximate surface area is 213 Å². The fourth-order valence-electron chi connectivity index (χ4n) is 4.21. The zero-order chi connectivity index (χ0) is 25.2. The second kappa shape index (κ2) is 12.7. The highest BCUT2D eigenvalue weighted by Crippen LogP contribution is 2.29. The van der Waals surface area contributed by atoms with E-state index in [0.717, 1.165) is 36.7 Å². The van der Waals surface area contributed by atoms with Crippen LogP contribution in [0.15, 0.2) is 72.8 Å². The maximum atomic E-state index is 13.3. The number of nitrogens with zero attached hydrogens (tertiary/aromatic N) is 2. The maximum absolute atomic E-state index is 13.3. The van der Waals surface area contributed by atoms with Crippen LogP contribution >= 0.6 is 0 Å². The number of ether oxygens (including phenoxy) is 4. The van der Waals surface area contributed by atoms with Crippen LogP contribution in [0.5, 0.6) is 23.0 Å². The van der Waals surface area contributed by atoms with Crippen molar-refractivity contribution >= 4 is 11.6 Å². The number of para-hydroxylation sites is 1. The van der Waals surface area contributed by atoms with Gasteiger partial charge in [0.2, 0.25) is 0 Å². The van der Waals surface area contributed by atoms with Crippen LogP contribution in [0.1, 0.15) is 23.7 Å². The first-order valence-corrected chi connectivity index (χ1v) is 12.4. The molecule has 0 radical (unpaired) electrons. The molecule has 0 saturated carbocycles. The molecule has 190 valence electrons. The van der Waals surface area contributed by atoms with E-state index in [1.807, 2.05) is 66.4 Å². The van der Waals surface area contributed by atoms with Crippen LogP contribution in [0.4, 0.5) is 5.69 Å². The lowest BCUT2D eigenvalue weighted by atomic mass is 10.1. The highest BCUT2D eigenvalue weighted by atomic mass is 16.5. The molecule has 1 fully saturated rings. The predicted octanol–water partition coefficient (Wildman–Crippen LogP) is 4.90. The van der Waals surface area contributed by atoms with Gasteiger partial charge in [0.25, 0.3) is 5.91 Å². The van der Waals surface area contributed by atoms with Crippen molar-refractivity contribution in [3.63, 3.8) is 0 Å². The molecule has 0 bridgehead atoms. The Morgan fingerprint density at radius 2 is 1.56 bits per heavy atom. The summed E-state index contributed by atoms with van der Waals surface area (Å²) in [6, 6.07) is 23.1. The van der Waals surface area contributed by atoms with Gasteiger partial charge < -0.3 is 28.7 Å². The van der Waals surface area contributed by atoms with Crippen LogP contribution in [-0.4, -0.2) is 63.9 Å². The lowest BCUT2D eigenvalue weighted by Crippen LogP contribution is -2.35. The summed E-state index contributed by atoms with van der Waals surface area (Å²) in [5, 5.41) is 0. The molecule has 1 heterocycles. The van der Waals surface area contributed by atoms with Gasteiger partial charge in [0.05, 0.1) is 13.7 Å². The van der Waals surface area contributed by atoms with Crippen molar-refractivity contribution in [3.8, 4) is 23.0 Å². The quantitative estimate of drug-likeness (QED) is 0.377. The molecule has 0 atom stereocenters. The number of benzene rings is 3. The molecule has 4 rings (SSSR count). The fraction of sp³-hybridized carbons (Fsp3) is 0.345. The molecule has 7 heteroatoms. The molecule has 0 aromatic heterocycles. The first-order valence-electron chi connectivity index (χ1n) is 12.4. The smallest absolute Gasteiger partial charge is 0.254 e. The zero-order valence-corrected chi connectivity index (χ0v) is 21.0. The minimum atomic E-state index is 0.00601. The third-order valence-corrected chi connectivity index (χ3v) is 6.06. The standard InChI is InChI=1S/C29H34N2O5/c1-3-34-28-22-23(10-15-27(28)36-21-20-35-26-8-5-4-6-9-26)29(32)31-17-7-16-30(18-19-31)24-11-13-25(33-2)14-12-24/h4-6,8-15,22H,3,7,16-21H2,1-2H3. The third-order valence-electron chi connectivity index (χ3n) is 6.06. The van der Waals surface area contributed by atoms with E-state index in [2.05, 4.69) is 17.0 Å². The van der Waals surface area contributed by atoms with Crippen molar-refractivity contribution in [1.29, 1.82) is 0 Å². The molecule has 1 saturated heterocycles. The summed E-state index contributed by atoms with van der Waals surface area (Å²) in [6.45, 7) is 6.23. The van der Waals surface area contributed by atoms with Gasteiger partial charge in [0, 0.05) is 37.4 Å². The molecular weight excluding hydrogens is 456 g/mol. The van der Waals surface area contributed by atoms with Crippen molar-refractivity contribution in [2.75, 3.05) is 58.0 Å². The van der Waals surface area contributed by atoms with Crippen molar-refractivity contribution in [2.45, 2.75) is 13.3 Å². The summed E-state index contributed by atoms with van der Waals surface area (Å²) in [6.07, 6.45) is 0.901. The topological polar surface area (TPSA) is 60.5 Å². The van der Waals surface area contributed by atoms with Gasteiger partial charge in [-0.15, -0.1) is 0 Å². The van der Waals surface area contributed by atoms with E-state index in [4.69, 9.17) is 18.9 Å². The van der Waals surface area contributed by atoms with E-state index >= 15 is 0 Å². The van der Waals surface area contributed by atoms with E-state index < -0.39 is 0 Å². The van der Waals surface area contributed by atoms with Crippen LogP contribution in [0.25, 0.3) is 0 Å². The van der Waals surface area contributed by atoms with Gasteiger partial charge in [-0.2, -0.15) is 0 Å². The van der Waals surface area contributed by atoms with Crippen molar-refractivity contribution in [3.05, 3.63) is 78.4 Å². The lowest BCUT2D eigenvalue weighted by Gasteiger charge is -2.24. The van der Waals surface area contributed by atoms with Crippen LogP contribution in [0, 0.1) is 0 Å². The second-order valence-electron chi connectivity index (χ2n) is 8.44. The van der Waals surface area contributed by atoms with Gasteiger partial charge in [-0.25, -0.2) is 0 Å². The summed E-state index contributed by atoms with van der Waals surface area (Å²) < 4.78 is 22.7. The Kier molecular flexibility index (Phi) is 8.92. The minimum absolute atomic E-state index is 0.00601. The van der Waals surface area contributed by atoms with Gasteiger partial charge in [-0.3, -0.25) is 4.79 Å². The largest absolute Gasteiger partial charge is 0.497 e. The van der Waals surface area contributed by atoms with E-state index in [1.54, 1.807) is 13.2 Å².